The van der Waals surface area contributed by atoms with Crippen molar-refractivity contribution in [1.82, 2.24) is 5.32 Å². The van der Waals surface area contributed by atoms with Crippen LogP contribution >= 0.6 is 11.6 Å². The molecule has 0 amide bonds. The zero-order valence-electron chi connectivity index (χ0n) is 11.1. The number of benzene rings is 2. The molecule has 1 nitrogen and oxygen atoms in total. The van der Waals surface area contributed by atoms with E-state index in [0.717, 1.165) is 17.7 Å². The van der Waals surface area contributed by atoms with Crippen LogP contribution in [0.2, 0.25) is 5.02 Å². The summed E-state index contributed by atoms with van der Waals surface area (Å²) in [7, 11) is 0. The van der Waals surface area contributed by atoms with Crippen LogP contribution in [0.3, 0.4) is 0 Å². The first-order chi connectivity index (χ1) is 9.06. The third-order valence-corrected chi connectivity index (χ3v) is 3.12. The van der Waals surface area contributed by atoms with Gasteiger partial charge in [0, 0.05) is 23.2 Å². The van der Waals surface area contributed by atoms with Crippen molar-refractivity contribution in [1.29, 1.82) is 0 Å². The van der Waals surface area contributed by atoms with Crippen LogP contribution in [0.1, 0.15) is 19.4 Å². The van der Waals surface area contributed by atoms with Crippen molar-refractivity contribution >= 4 is 11.6 Å². The van der Waals surface area contributed by atoms with Crippen molar-refractivity contribution in [2.24, 2.45) is 0 Å². The van der Waals surface area contributed by atoms with Gasteiger partial charge in [0.15, 0.2) is 0 Å². The number of halogens is 2. The SMILES string of the molecule is CC(C)NCc1ccc(F)c(-c2cccc(Cl)c2)c1. The first-order valence-electron chi connectivity index (χ1n) is 6.34. The van der Waals surface area contributed by atoms with Gasteiger partial charge in [-0.3, -0.25) is 0 Å². The summed E-state index contributed by atoms with van der Waals surface area (Å²) in [5.74, 6) is -0.226. The third kappa shape index (κ3) is 3.79. The summed E-state index contributed by atoms with van der Waals surface area (Å²) in [6.07, 6.45) is 0. The van der Waals surface area contributed by atoms with E-state index < -0.39 is 0 Å². The summed E-state index contributed by atoms with van der Waals surface area (Å²) in [5, 5.41) is 3.94. The van der Waals surface area contributed by atoms with Gasteiger partial charge in [-0.1, -0.05) is 43.6 Å². The lowest BCUT2D eigenvalue weighted by molar-refractivity contribution is 0.586. The molecule has 0 bridgehead atoms. The molecule has 19 heavy (non-hydrogen) atoms. The monoisotopic (exact) mass is 277 g/mol. The normalized spacial score (nSPS) is 11.0. The molecule has 0 aromatic heterocycles. The predicted molar refractivity (Wildman–Crippen MR) is 78.8 cm³/mol. The minimum Gasteiger partial charge on any atom is -0.310 e. The van der Waals surface area contributed by atoms with Crippen molar-refractivity contribution in [3.8, 4) is 11.1 Å². The van der Waals surface area contributed by atoms with E-state index in [9.17, 15) is 4.39 Å². The van der Waals surface area contributed by atoms with Gasteiger partial charge in [-0.15, -0.1) is 0 Å². The van der Waals surface area contributed by atoms with Gasteiger partial charge in [0.2, 0.25) is 0 Å². The highest BCUT2D eigenvalue weighted by Crippen LogP contribution is 2.26. The van der Waals surface area contributed by atoms with E-state index in [1.807, 2.05) is 18.2 Å². The minimum absolute atomic E-state index is 0.226. The predicted octanol–water partition coefficient (Wildman–Crippen LogP) is 4.64. The minimum atomic E-state index is -0.226. The van der Waals surface area contributed by atoms with Gasteiger partial charge in [0.25, 0.3) is 0 Å². The van der Waals surface area contributed by atoms with Crippen molar-refractivity contribution in [2.75, 3.05) is 0 Å². The van der Waals surface area contributed by atoms with E-state index in [4.69, 9.17) is 11.6 Å². The average Bonchev–Trinajstić information content (AvgIpc) is 2.37. The molecule has 3 heteroatoms. The average molecular weight is 278 g/mol. The van der Waals surface area contributed by atoms with Crippen LogP contribution in [0.25, 0.3) is 11.1 Å². The molecule has 1 N–H and O–H groups in total. The fourth-order valence-electron chi connectivity index (χ4n) is 1.88. The second-order valence-corrected chi connectivity index (χ2v) is 5.30. The highest BCUT2D eigenvalue weighted by molar-refractivity contribution is 6.30. The van der Waals surface area contributed by atoms with Crippen LogP contribution < -0.4 is 5.32 Å². The molecule has 100 valence electrons. The number of hydrogen-bond acceptors (Lipinski definition) is 1. The summed E-state index contributed by atoms with van der Waals surface area (Å²) in [6, 6.07) is 12.8. The second kappa shape index (κ2) is 6.18. The maximum absolute atomic E-state index is 13.9. The molecule has 0 aliphatic carbocycles. The summed E-state index contributed by atoms with van der Waals surface area (Å²) in [4.78, 5) is 0. The quantitative estimate of drug-likeness (QED) is 0.858. The Bertz CT molecular complexity index is 566. The van der Waals surface area contributed by atoms with Crippen molar-refractivity contribution < 1.29 is 4.39 Å². The van der Waals surface area contributed by atoms with E-state index in [1.54, 1.807) is 18.2 Å². The Morgan fingerprint density at radius 2 is 1.95 bits per heavy atom. The Labute approximate surface area is 118 Å². The van der Waals surface area contributed by atoms with Gasteiger partial charge in [0.1, 0.15) is 5.82 Å². The molecule has 0 saturated carbocycles. The van der Waals surface area contributed by atoms with E-state index >= 15 is 0 Å². The van der Waals surface area contributed by atoms with Gasteiger partial charge in [-0.25, -0.2) is 4.39 Å². The molecule has 0 radical (unpaired) electrons. The van der Waals surface area contributed by atoms with Crippen LogP contribution in [0, 0.1) is 5.82 Å². The molecule has 0 aliphatic rings. The largest absolute Gasteiger partial charge is 0.310 e. The Kier molecular flexibility index (Phi) is 4.56. The molecule has 0 fully saturated rings. The summed E-state index contributed by atoms with van der Waals surface area (Å²) < 4.78 is 13.9. The molecule has 2 rings (SSSR count). The first kappa shape index (κ1) is 14.0. The molecule has 0 aliphatic heterocycles. The number of nitrogens with one attached hydrogen (secondary N) is 1. The standard InChI is InChI=1S/C16H17ClFN/c1-11(2)19-10-12-6-7-16(18)15(8-12)13-4-3-5-14(17)9-13/h3-9,11,19H,10H2,1-2H3. The highest BCUT2D eigenvalue weighted by Gasteiger charge is 2.07. The van der Waals surface area contributed by atoms with Crippen LogP contribution in [0.15, 0.2) is 42.5 Å². The first-order valence-corrected chi connectivity index (χ1v) is 6.72. The van der Waals surface area contributed by atoms with Gasteiger partial charge in [0.05, 0.1) is 0 Å². The summed E-state index contributed by atoms with van der Waals surface area (Å²) in [5.41, 5.74) is 2.45. The molecule has 0 unspecified atom stereocenters. The summed E-state index contributed by atoms with van der Waals surface area (Å²) >= 11 is 5.95. The zero-order chi connectivity index (χ0) is 13.8. The maximum Gasteiger partial charge on any atom is 0.131 e. The van der Waals surface area contributed by atoms with E-state index in [2.05, 4.69) is 19.2 Å². The van der Waals surface area contributed by atoms with Crippen LogP contribution in [0.4, 0.5) is 4.39 Å². The van der Waals surface area contributed by atoms with Crippen molar-refractivity contribution in [2.45, 2.75) is 26.4 Å². The fourth-order valence-corrected chi connectivity index (χ4v) is 2.07. The molecule has 0 saturated heterocycles. The lowest BCUT2D eigenvalue weighted by Gasteiger charge is -2.10. The Hall–Kier alpha value is -1.38. The molecular formula is C16H17ClFN. The molecule has 0 spiro atoms. The van der Waals surface area contributed by atoms with Gasteiger partial charge in [-0.2, -0.15) is 0 Å². The molecule has 0 heterocycles. The molecule has 0 atom stereocenters. The Morgan fingerprint density at radius 1 is 1.16 bits per heavy atom. The molecule has 2 aromatic carbocycles. The second-order valence-electron chi connectivity index (χ2n) is 4.86. The Balaban J connectivity index is 2.31. The van der Waals surface area contributed by atoms with Crippen LogP contribution in [-0.4, -0.2) is 6.04 Å². The topological polar surface area (TPSA) is 12.0 Å². The maximum atomic E-state index is 13.9. The lowest BCUT2D eigenvalue weighted by atomic mass is 10.0. The summed E-state index contributed by atoms with van der Waals surface area (Å²) in [6.45, 7) is 4.90. The third-order valence-electron chi connectivity index (χ3n) is 2.88. The molecule has 2 aromatic rings. The van der Waals surface area contributed by atoms with Crippen LogP contribution in [0.5, 0.6) is 0 Å². The van der Waals surface area contributed by atoms with E-state index in [0.29, 0.717) is 16.6 Å². The lowest BCUT2D eigenvalue weighted by Crippen LogP contribution is -2.21. The van der Waals surface area contributed by atoms with E-state index in [1.165, 1.54) is 6.07 Å². The number of hydrogen-bond donors (Lipinski definition) is 1. The van der Waals surface area contributed by atoms with Gasteiger partial charge in [-0.05, 0) is 35.4 Å². The Morgan fingerprint density at radius 3 is 2.63 bits per heavy atom. The van der Waals surface area contributed by atoms with Crippen LogP contribution in [-0.2, 0) is 6.54 Å². The zero-order valence-corrected chi connectivity index (χ0v) is 11.8. The van der Waals surface area contributed by atoms with Gasteiger partial charge < -0.3 is 5.32 Å². The molecular weight excluding hydrogens is 261 g/mol. The van der Waals surface area contributed by atoms with Gasteiger partial charge >= 0.3 is 0 Å². The van der Waals surface area contributed by atoms with E-state index in [-0.39, 0.29) is 5.82 Å². The van der Waals surface area contributed by atoms with Crippen molar-refractivity contribution in [3.05, 3.63) is 58.9 Å². The van der Waals surface area contributed by atoms with Crippen molar-refractivity contribution in [3.63, 3.8) is 0 Å². The highest BCUT2D eigenvalue weighted by atomic mass is 35.5. The number of rotatable bonds is 4. The fraction of sp³-hybridized carbons (Fsp3) is 0.250. The smallest absolute Gasteiger partial charge is 0.131 e.